The second kappa shape index (κ2) is 5.47. The maximum Gasteiger partial charge on any atom is 0 e. The fraction of sp³-hybridized carbons (Fsp3) is 0.833. The monoisotopic (exact) mass is 235 g/mol. The molecular weight excluding hydrogens is 222 g/mol. The fourth-order valence-electron chi connectivity index (χ4n) is 0.898. The van der Waals surface area contributed by atoms with Crippen LogP contribution in [0.1, 0.15) is 32.1 Å². The van der Waals surface area contributed by atoms with Gasteiger partial charge in [0.1, 0.15) is 0 Å². The van der Waals surface area contributed by atoms with E-state index in [0.717, 1.165) is 0 Å². The molecule has 0 atom stereocenters. The second-order valence-corrected chi connectivity index (χ2v) is 1.93. The van der Waals surface area contributed by atoms with Crippen LogP contribution in [0, 0.1) is 46.8 Å². The normalized spacial score (nSPS) is 20.6. The van der Waals surface area contributed by atoms with Crippen LogP contribution >= 0.6 is 0 Å². The van der Waals surface area contributed by atoms with Crippen LogP contribution in [0.2, 0.25) is 0 Å². The van der Waals surface area contributed by atoms with E-state index in [1.165, 1.54) is 32.1 Å². The molecule has 0 saturated heterocycles. The minimum atomic E-state index is 0. The maximum absolute atomic E-state index is 2.39. The van der Waals surface area contributed by atoms with Gasteiger partial charge < -0.3 is 6.42 Å². The van der Waals surface area contributed by atoms with Crippen LogP contribution in [0.15, 0.2) is 0 Å². The Bertz CT molecular complexity index is 19.7. The van der Waals surface area contributed by atoms with Crippen molar-refractivity contribution in [1.82, 2.24) is 0 Å². The Morgan fingerprint density at radius 1 is 0.857 bits per heavy atom. The molecule has 0 aromatic carbocycles. The van der Waals surface area contributed by atoms with Gasteiger partial charge in [-0.15, -0.1) is 0 Å². The van der Waals surface area contributed by atoms with Gasteiger partial charge in [-0.2, -0.15) is 12.8 Å². The van der Waals surface area contributed by atoms with Crippen molar-refractivity contribution < 1.29 is 40.4 Å². The Kier molecular flexibility index (Phi) is 6.52. The summed E-state index contributed by atoms with van der Waals surface area (Å²) in [6, 6.07) is 0. The largest absolute Gasteiger partial charge is 0.328 e. The third-order valence-electron chi connectivity index (χ3n) is 1.32. The van der Waals surface area contributed by atoms with E-state index >= 15 is 0 Å². The Morgan fingerprint density at radius 3 is 1.57 bits per heavy atom. The van der Waals surface area contributed by atoms with Gasteiger partial charge in [0, 0.05) is 40.4 Å². The fourth-order valence-corrected chi connectivity index (χ4v) is 0.898. The first-order valence-corrected chi connectivity index (χ1v) is 2.82. The SMILES string of the molecule is [CH-]1CCCCC1.[Sm]. The molecule has 0 unspecified atom stereocenters. The summed E-state index contributed by atoms with van der Waals surface area (Å²) in [5.41, 5.74) is 0. The molecule has 1 heteroatoms. The van der Waals surface area contributed by atoms with Gasteiger partial charge in [0.2, 0.25) is 0 Å². The number of hydrogen-bond donors (Lipinski definition) is 0. The summed E-state index contributed by atoms with van der Waals surface area (Å²) in [5.74, 6) is 0. The minimum absolute atomic E-state index is 0. The van der Waals surface area contributed by atoms with Crippen LogP contribution in [-0.2, 0) is 0 Å². The van der Waals surface area contributed by atoms with E-state index < -0.39 is 0 Å². The Hall–Kier alpha value is 1.34. The van der Waals surface area contributed by atoms with Crippen LogP contribution in [-0.4, -0.2) is 0 Å². The Labute approximate surface area is 78.2 Å². The van der Waals surface area contributed by atoms with Gasteiger partial charge in [0.25, 0.3) is 0 Å². The van der Waals surface area contributed by atoms with E-state index in [1.807, 2.05) is 0 Å². The Morgan fingerprint density at radius 2 is 1.43 bits per heavy atom. The minimum Gasteiger partial charge on any atom is -0.328 e. The van der Waals surface area contributed by atoms with Crippen LogP contribution in [0.4, 0.5) is 0 Å². The van der Waals surface area contributed by atoms with Gasteiger partial charge >= 0.3 is 0 Å². The molecule has 1 fully saturated rings. The van der Waals surface area contributed by atoms with Crippen molar-refractivity contribution in [3.63, 3.8) is 0 Å². The molecule has 0 spiro atoms. The first kappa shape index (κ1) is 8.34. The number of rotatable bonds is 0. The predicted molar refractivity (Wildman–Crippen MR) is 27.4 cm³/mol. The molecule has 0 N–H and O–H groups in total. The molecule has 7 heavy (non-hydrogen) atoms. The van der Waals surface area contributed by atoms with Crippen LogP contribution in [0.25, 0.3) is 0 Å². The zero-order valence-electron chi connectivity index (χ0n) is 4.52. The summed E-state index contributed by atoms with van der Waals surface area (Å²) >= 11 is 0. The van der Waals surface area contributed by atoms with E-state index in [4.69, 9.17) is 0 Å². The average Bonchev–Trinajstić information content (AvgIpc) is 1.72. The van der Waals surface area contributed by atoms with Crippen LogP contribution in [0.3, 0.4) is 0 Å². The third-order valence-corrected chi connectivity index (χ3v) is 1.32. The van der Waals surface area contributed by atoms with Gasteiger partial charge in [-0.1, -0.05) is 19.3 Å². The van der Waals surface area contributed by atoms with Crippen molar-refractivity contribution in [1.29, 1.82) is 0 Å². The summed E-state index contributed by atoms with van der Waals surface area (Å²) < 4.78 is 0. The molecule has 1 saturated carbocycles. The molecule has 0 aromatic rings. The van der Waals surface area contributed by atoms with Crippen molar-refractivity contribution >= 4 is 0 Å². The van der Waals surface area contributed by atoms with E-state index in [-0.39, 0.29) is 40.4 Å². The van der Waals surface area contributed by atoms with E-state index in [0.29, 0.717) is 0 Å². The summed E-state index contributed by atoms with van der Waals surface area (Å²) in [7, 11) is 0. The molecule has 0 bridgehead atoms. The first-order chi connectivity index (χ1) is 3.00. The maximum atomic E-state index is 2.39. The summed E-state index contributed by atoms with van der Waals surface area (Å²) in [6.07, 6.45) is 9.50. The predicted octanol–water partition coefficient (Wildman–Crippen LogP) is 2.15. The molecule has 1 aliphatic carbocycles. The van der Waals surface area contributed by atoms with Crippen LogP contribution < -0.4 is 0 Å². The molecule has 0 aromatic heterocycles. The number of hydrogen-bond acceptors (Lipinski definition) is 0. The summed E-state index contributed by atoms with van der Waals surface area (Å²) in [6.45, 7) is 0. The molecule has 1 aliphatic rings. The molecule has 0 heterocycles. The zero-order chi connectivity index (χ0) is 4.24. The van der Waals surface area contributed by atoms with E-state index in [9.17, 15) is 0 Å². The van der Waals surface area contributed by atoms with Crippen molar-refractivity contribution in [2.45, 2.75) is 32.1 Å². The Balaban J connectivity index is 0.000000360. The molecule has 1 rings (SSSR count). The van der Waals surface area contributed by atoms with Crippen molar-refractivity contribution in [3.8, 4) is 0 Å². The second-order valence-electron chi connectivity index (χ2n) is 1.93. The molecule has 0 aliphatic heterocycles. The smallest absolute Gasteiger partial charge is 0 e. The van der Waals surface area contributed by atoms with Crippen molar-refractivity contribution in [3.05, 3.63) is 6.42 Å². The van der Waals surface area contributed by atoms with Crippen molar-refractivity contribution in [2.24, 2.45) is 0 Å². The van der Waals surface area contributed by atoms with E-state index in [1.54, 1.807) is 0 Å². The third kappa shape index (κ3) is 3.88. The average molecular weight is 234 g/mol. The van der Waals surface area contributed by atoms with Crippen LogP contribution in [0.5, 0.6) is 0 Å². The van der Waals surface area contributed by atoms with Gasteiger partial charge in [-0.05, 0) is 0 Å². The van der Waals surface area contributed by atoms with Gasteiger partial charge in [-0.3, -0.25) is 0 Å². The molecule has 42 valence electrons. The van der Waals surface area contributed by atoms with E-state index in [2.05, 4.69) is 6.42 Å². The molecule has 0 amide bonds. The molecule has 0 nitrogen and oxygen atoms in total. The summed E-state index contributed by atoms with van der Waals surface area (Å²) in [5, 5.41) is 0. The molecule has 0 radical (unpaired) electrons. The van der Waals surface area contributed by atoms with Gasteiger partial charge in [-0.25, -0.2) is 0 Å². The van der Waals surface area contributed by atoms with Gasteiger partial charge in [0.15, 0.2) is 0 Å². The van der Waals surface area contributed by atoms with Gasteiger partial charge in [0.05, 0.1) is 0 Å². The topological polar surface area (TPSA) is 0 Å². The standard InChI is InChI=1S/C6H11.Sm/c1-2-4-6-5-3-1;/h1H,2-6H2;/q-1;. The van der Waals surface area contributed by atoms with Crippen molar-refractivity contribution in [2.75, 3.05) is 0 Å². The first-order valence-electron chi connectivity index (χ1n) is 2.82. The molecular formula is C6H11Sm-. The summed E-state index contributed by atoms with van der Waals surface area (Å²) in [4.78, 5) is 0. The zero-order valence-corrected chi connectivity index (χ0v) is 7.14. The quantitative estimate of drug-likeness (QED) is 0.563.